The van der Waals surface area contributed by atoms with Gasteiger partial charge >= 0.3 is 12.4 Å². The molecule has 30 heavy (non-hydrogen) atoms. The second-order valence-electron chi connectivity index (χ2n) is 7.21. The van der Waals surface area contributed by atoms with Crippen molar-refractivity contribution in [3.63, 3.8) is 0 Å². The minimum atomic E-state index is -4.67. The first-order chi connectivity index (χ1) is 14.1. The molecule has 0 radical (unpaired) electrons. The minimum absolute atomic E-state index is 0.125. The number of alkyl halides is 6. The van der Waals surface area contributed by atoms with E-state index in [1.165, 1.54) is 12.1 Å². The van der Waals surface area contributed by atoms with Crippen molar-refractivity contribution in [2.24, 2.45) is 0 Å². The zero-order valence-electron chi connectivity index (χ0n) is 15.2. The van der Waals surface area contributed by atoms with Crippen molar-refractivity contribution >= 4 is 21.9 Å². The maximum atomic E-state index is 13.4. The first kappa shape index (κ1) is 18.9. The lowest BCUT2D eigenvalue weighted by molar-refractivity contribution is -0.144. The van der Waals surface area contributed by atoms with Gasteiger partial charge in [-0.25, -0.2) is 9.97 Å². The second-order valence-corrected chi connectivity index (χ2v) is 7.21. The Morgan fingerprint density at radius 3 is 2.30 bits per heavy atom. The fourth-order valence-electron chi connectivity index (χ4n) is 4.13. The van der Waals surface area contributed by atoms with Crippen molar-refractivity contribution in [2.45, 2.75) is 38.0 Å². The molecule has 156 valence electrons. The third kappa shape index (κ3) is 2.83. The van der Waals surface area contributed by atoms with Crippen LogP contribution < -0.4 is 0 Å². The minimum Gasteiger partial charge on any atom is -0.334 e. The lowest BCUT2D eigenvalue weighted by Gasteiger charge is -2.21. The molecule has 4 aromatic rings. The van der Waals surface area contributed by atoms with Crippen LogP contribution in [0.2, 0.25) is 0 Å². The van der Waals surface area contributed by atoms with E-state index in [-0.39, 0.29) is 22.3 Å². The highest BCUT2D eigenvalue weighted by Crippen LogP contribution is 2.42. The summed E-state index contributed by atoms with van der Waals surface area (Å²) in [5.41, 5.74) is 0.850. The third-order valence-electron chi connectivity index (χ3n) is 5.35. The number of H-pyrrole nitrogens is 2. The van der Waals surface area contributed by atoms with Crippen LogP contribution >= 0.6 is 0 Å². The average Bonchev–Trinajstić information content (AvgIpc) is 3.33. The number of aryl methyl sites for hydroxylation is 1. The lowest BCUT2D eigenvalue weighted by atomic mass is 9.86. The van der Waals surface area contributed by atoms with Crippen molar-refractivity contribution < 1.29 is 26.3 Å². The number of hydrogen-bond acceptors (Lipinski definition) is 3. The van der Waals surface area contributed by atoms with Crippen LogP contribution in [0.15, 0.2) is 18.3 Å². The molecule has 1 aromatic carbocycles. The number of aromatic amines is 2. The maximum absolute atomic E-state index is 13.4. The monoisotopic (exact) mass is 425 g/mol. The van der Waals surface area contributed by atoms with Crippen LogP contribution in [-0.2, 0) is 25.2 Å². The van der Waals surface area contributed by atoms with E-state index in [0.717, 1.165) is 19.0 Å². The molecule has 5 nitrogen and oxygen atoms in total. The lowest BCUT2D eigenvalue weighted by Crippen LogP contribution is -2.11. The summed E-state index contributed by atoms with van der Waals surface area (Å²) in [7, 11) is 0. The van der Waals surface area contributed by atoms with Gasteiger partial charge in [0, 0.05) is 11.6 Å². The van der Waals surface area contributed by atoms with Crippen LogP contribution in [-0.4, -0.2) is 25.1 Å². The molecule has 11 heteroatoms. The van der Waals surface area contributed by atoms with E-state index in [0.29, 0.717) is 34.9 Å². The van der Waals surface area contributed by atoms with Gasteiger partial charge in [0.25, 0.3) is 0 Å². The maximum Gasteiger partial charge on any atom is 0.449 e. The summed E-state index contributed by atoms with van der Waals surface area (Å²) in [4.78, 5) is 10.5. The van der Waals surface area contributed by atoms with Crippen molar-refractivity contribution in [1.82, 2.24) is 25.1 Å². The normalized spacial score (nSPS) is 15.1. The number of aromatic nitrogens is 5. The molecule has 0 amide bonds. The van der Waals surface area contributed by atoms with E-state index in [9.17, 15) is 26.3 Å². The molecule has 0 aliphatic heterocycles. The third-order valence-corrected chi connectivity index (χ3v) is 5.35. The number of fused-ring (bicyclic) bond motifs is 5. The highest BCUT2D eigenvalue weighted by molar-refractivity contribution is 6.06. The van der Waals surface area contributed by atoms with E-state index in [4.69, 9.17) is 0 Å². The largest absolute Gasteiger partial charge is 0.449 e. The Morgan fingerprint density at radius 2 is 1.60 bits per heavy atom. The van der Waals surface area contributed by atoms with Gasteiger partial charge in [-0.1, -0.05) is 0 Å². The van der Waals surface area contributed by atoms with E-state index in [1.54, 1.807) is 0 Å². The van der Waals surface area contributed by atoms with Gasteiger partial charge in [-0.05, 0) is 48.9 Å². The SMILES string of the molecule is FC(F)(F)c1nc2c(ccc3nc(-c4c[nH]nc4C(F)(F)F)c4c(c32)CCCC4)[nH]1. The van der Waals surface area contributed by atoms with Crippen LogP contribution in [0.4, 0.5) is 26.3 Å². The van der Waals surface area contributed by atoms with Crippen LogP contribution in [0.3, 0.4) is 0 Å². The number of nitrogens with zero attached hydrogens (tertiary/aromatic N) is 3. The van der Waals surface area contributed by atoms with Crippen molar-refractivity contribution in [3.8, 4) is 11.3 Å². The molecule has 5 rings (SSSR count). The van der Waals surface area contributed by atoms with Crippen molar-refractivity contribution in [3.05, 3.63) is 41.0 Å². The standard InChI is InChI=1S/C19H13F6N5/c20-18(21,22)16-10(7-26-30-16)14-9-4-2-1-3-8(9)13-11(27-14)5-6-12-15(13)29-17(28-12)19(23,24)25/h5-7H,1-4H2,(H,26,30)(H,28,29). The quantitative estimate of drug-likeness (QED) is 0.400. The summed E-state index contributed by atoms with van der Waals surface area (Å²) in [6, 6.07) is 2.91. The molecule has 0 unspecified atom stereocenters. The Morgan fingerprint density at radius 1 is 0.867 bits per heavy atom. The second kappa shape index (κ2) is 6.19. The van der Waals surface area contributed by atoms with Gasteiger partial charge in [0.1, 0.15) is 0 Å². The zero-order chi connectivity index (χ0) is 21.3. The molecule has 0 spiro atoms. The van der Waals surface area contributed by atoms with E-state index >= 15 is 0 Å². The first-order valence-electron chi connectivity index (χ1n) is 9.17. The fourth-order valence-corrected chi connectivity index (χ4v) is 4.13. The Balaban J connectivity index is 1.84. The van der Waals surface area contributed by atoms with Crippen LogP contribution in [0.25, 0.3) is 33.2 Å². The topological polar surface area (TPSA) is 70.2 Å². The summed E-state index contributed by atoms with van der Waals surface area (Å²) < 4.78 is 79.7. The number of nitrogens with one attached hydrogen (secondary N) is 2. The Hall–Kier alpha value is -3.11. The summed E-state index contributed by atoms with van der Waals surface area (Å²) in [6.45, 7) is 0. The molecular weight excluding hydrogens is 412 g/mol. The van der Waals surface area contributed by atoms with Crippen LogP contribution in [0.1, 0.15) is 35.5 Å². The number of imidazole rings is 1. The number of hydrogen-bond donors (Lipinski definition) is 2. The Labute approximate surface area is 164 Å². The summed E-state index contributed by atoms with van der Waals surface area (Å²) >= 11 is 0. The fraction of sp³-hybridized carbons (Fsp3) is 0.316. The van der Waals surface area contributed by atoms with E-state index in [1.807, 2.05) is 0 Å². The molecule has 0 atom stereocenters. The molecular formula is C19H13F6N5. The highest BCUT2D eigenvalue weighted by atomic mass is 19.4. The smallest absolute Gasteiger partial charge is 0.334 e. The number of pyridine rings is 1. The molecule has 3 aromatic heterocycles. The predicted molar refractivity (Wildman–Crippen MR) is 95.6 cm³/mol. The van der Waals surface area contributed by atoms with Gasteiger partial charge in [0.2, 0.25) is 5.82 Å². The molecule has 0 bridgehead atoms. The van der Waals surface area contributed by atoms with Gasteiger partial charge in [0.15, 0.2) is 5.69 Å². The first-order valence-corrected chi connectivity index (χ1v) is 9.17. The number of benzene rings is 1. The Bertz CT molecular complexity index is 1280. The van der Waals surface area contributed by atoms with Gasteiger partial charge in [0.05, 0.1) is 27.8 Å². The van der Waals surface area contributed by atoms with Gasteiger partial charge in [-0.2, -0.15) is 31.4 Å². The summed E-state index contributed by atoms with van der Waals surface area (Å²) in [5, 5.41) is 6.05. The average molecular weight is 425 g/mol. The molecule has 0 saturated heterocycles. The van der Waals surface area contributed by atoms with E-state index < -0.39 is 23.9 Å². The number of rotatable bonds is 1. The summed E-state index contributed by atoms with van der Waals surface area (Å²) in [5.74, 6) is -1.12. The zero-order valence-corrected chi connectivity index (χ0v) is 15.2. The number of halogens is 6. The predicted octanol–water partition coefficient (Wildman–Crippen LogP) is 5.42. The van der Waals surface area contributed by atoms with Gasteiger partial charge in [-0.15, -0.1) is 0 Å². The molecule has 1 aliphatic rings. The molecule has 1 aliphatic carbocycles. The van der Waals surface area contributed by atoms with E-state index in [2.05, 4.69) is 25.1 Å². The molecule has 3 heterocycles. The molecule has 2 N–H and O–H groups in total. The van der Waals surface area contributed by atoms with Gasteiger partial charge in [-0.3, -0.25) is 5.10 Å². The van der Waals surface area contributed by atoms with Crippen molar-refractivity contribution in [2.75, 3.05) is 0 Å². The Kier molecular flexibility index (Phi) is 3.90. The van der Waals surface area contributed by atoms with Gasteiger partial charge < -0.3 is 4.98 Å². The molecule has 0 saturated carbocycles. The highest BCUT2D eigenvalue weighted by Gasteiger charge is 2.39. The summed E-state index contributed by atoms with van der Waals surface area (Å²) in [6.07, 6.45) is -5.64. The van der Waals surface area contributed by atoms with Crippen LogP contribution in [0.5, 0.6) is 0 Å². The molecule has 0 fully saturated rings. The van der Waals surface area contributed by atoms with Crippen LogP contribution in [0, 0.1) is 0 Å². The van der Waals surface area contributed by atoms with Crippen molar-refractivity contribution in [1.29, 1.82) is 0 Å².